The predicted octanol–water partition coefficient (Wildman–Crippen LogP) is 1.79. The van der Waals surface area contributed by atoms with Gasteiger partial charge in [-0.05, 0) is 31.5 Å². The predicted molar refractivity (Wildman–Crippen MR) is 101 cm³/mol. The number of nitrogens with one attached hydrogen (secondary N) is 1. The van der Waals surface area contributed by atoms with Crippen molar-refractivity contribution in [3.63, 3.8) is 0 Å². The average Bonchev–Trinajstić information content (AvgIpc) is 3.01. The van der Waals surface area contributed by atoms with E-state index in [0.717, 1.165) is 17.7 Å². The molecule has 2 amide bonds. The van der Waals surface area contributed by atoms with Gasteiger partial charge in [-0.2, -0.15) is 5.10 Å². The molecule has 8 heteroatoms. The van der Waals surface area contributed by atoms with Gasteiger partial charge in [0.2, 0.25) is 0 Å². The normalized spacial score (nSPS) is 23.5. The maximum atomic E-state index is 12.8. The number of likely N-dealkylation sites (N-methyl/N-ethyl adjacent to an activating group) is 1. The van der Waals surface area contributed by atoms with Crippen molar-refractivity contribution in [2.45, 2.75) is 38.5 Å². The Morgan fingerprint density at radius 1 is 1.36 bits per heavy atom. The molecule has 146 valence electrons. The molecule has 2 atom stereocenters. The summed E-state index contributed by atoms with van der Waals surface area (Å²) in [5.74, 6) is -0.126. The lowest BCUT2D eigenvalue weighted by molar-refractivity contribution is -0.120. The second kappa shape index (κ2) is 6.87. The molecule has 4 rings (SSSR count). The summed E-state index contributed by atoms with van der Waals surface area (Å²) in [4.78, 5) is 27.0. The van der Waals surface area contributed by atoms with E-state index < -0.39 is 17.6 Å². The zero-order chi connectivity index (χ0) is 19.9. The number of benzene rings is 1. The molecule has 0 saturated heterocycles. The first kappa shape index (κ1) is 18.4. The van der Waals surface area contributed by atoms with Crippen molar-refractivity contribution in [3.8, 4) is 5.75 Å². The van der Waals surface area contributed by atoms with Crippen LogP contribution in [-0.2, 0) is 21.7 Å². The van der Waals surface area contributed by atoms with Gasteiger partial charge in [0.15, 0.2) is 5.69 Å². The van der Waals surface area contributed by atoms with Gasteiger partial charge in [-0.3, -0.25) is 9.59 Å². The highest BCUT2D eigenvalue weighted by Crippen LogP contribution is 2.37. The van der Waals surface area contributed by atoms with Crippen molar-refractivity contribution < 1.29 is 19.1 Å². The van der Waals surface area contributed by atoms with E-state index in [4.69, 9.17) is 9.47 Å². The van der Waals surface area contributed by atoms with E-state index >= 15 is 0 Å². The number of rotatable bonds is 3. The highest BCUT2D eigenvalue weighted by molar-refractivity contribution is 6.02. The van der Waals surface area contributed by atoms with Crippen LogP contribution in [0, 0.1) is 0 Å². The monoisotopic (exact) mass is 382 g/mol. The van der Waals surface area contributed by atoms with Crippen molar-refractivity contribution in [3.05, 3.63) is 47.3 Å². The number of nitrogens with zero attached hydrogens (tertiary/aromatic N) is 3. The Kier molecular flexibility index (Phi) is 4.50. The molecule has 0 spiro atoms. The molecule has 2 aromatic rings. The van der Waals surface area contributed by atoms with E-state index in [1.165, 1.54) is 4.90 Å². The molecule has 2 aliphatic rings. The summed E-state index contributed by atoms with van der Waals surface area (Å²) in [6.45, 7) is 4.41. The van der Waals surface area contributed by atoms with Gasteiger partial charge in [0, 0.05) is 12.6 Å². The summed E-state index contributed by atoms with van der Waals surface area (Å²) >= 11 is 0. The van der Waals surface area contributed by atoms with Crippen molar-refractivity contribution in [2.24, 2.45) is 0 Å². The van der Waals surface area contributed by atoms with Crippen LogP contribution in [0.4, 0.5) is 5.69 Å². The highest BCUT2D eigenvalue weighted by Gasteiger charge is 2.37. The number of carbonyl (C=O) groups excluding carboxylic acids is 2. The standard InChI is InChI=1S/C20H22N4O4/c1-4-20(2)12-9-13(22-23-14(12)11-28-20)18(25)21-15-10-27-17-8-6-5-7-16(17)24(3)19(15)26/h5-9,15H,4,10-11H2,1-3H3,(H,21,25)/t15-,20-/m0/s1. The second-order valence-corrected chi connectivity index (χ2v) is 7.17. The third-order valence-corrected chi connectivity index (χ3v) is 5.44. The Morgan fingerprint density at radius 2 is 2.14 bits per heavy atom. The maximum absolute atomic E-state index is 12.8. The highest BCUT2D eigenvalue weighted by atomic mass is 16.5. The molecule has 1 aromatic carbocycles. The van der Waals surface area contributed by atoms with E-state index in [2.05, 4.69) is 15.5 Å². The molecule has 0 radical (unpaired) electrons. The van der Waals surface area contributed by atoms with Gasteiger partial charge in [0.05, 0.1) is 23.6 Å². The maximum Gasteiger partial charge on any atom is 0.272 e. The largest absolute Gasteiger partial charge is 0.489 e. The average molecular weight is 382 g/mol. The molecule has 1 aromatic heterocycles. The van der Waals surface area contributed by atoms with E-state index in [0.29, 0.717) is 18.0 Å². The minimum Gasteiger partial charge on any atom is -0.489 e. The van der Waals surface area contributed by atoms with Gasteiger partial charge in [-0.25, -0.2) is 0 Å². The summed E-state index contributed by atoms with van der Waals surface area (Å²) < 4.78 is 11.5. The zero-order valence-electron chi connectivity index (χ0n) is 16.1. The third-order valence-electron chi connectivity index (χ3n) is 5.44. The molecule has 0 aliphatic carbocycles. The molecule has 8 nitrogen and oxygen atoms in total. The molecule has 0 fully saturated rings. The number of fused-ring (bicyclic) bond motifs is 2. The van der Waals surface area contributed by atoms with Gasteiger partial charge < -0.3 is 19.7 Å². The van der Waals surface area contributed by atoms with Crippen molar-refractivity contribution in [1.82, 2.24) is 15.5 Å². The molecular formula is C20H22N4O4. The van der Waals surface area contributed by atoms with Crippen LogP contribution >= 0.6 is 0 Å². The lowest BCUT2D eigenvalue weighted by atomic mass is 9.94. The molecule has 28 heavy (non-hydrogen) atoms. The van der Waals surface area contributed by atoms with Crippen molar-refractivity contribution in [2.75, 3.05) is 18.6 Å². The molecular weight excluding hydrogens is 360 g/mol. The van der Waals surface area contributed by atoms with Gasteiger partial charge in [-0.1, -0.05) is 19.1 Å². The molecule has 0 bridgehead atoms. The van der Waals surface area contributed by atoms with E-state index in [-0.39, 0.29) is 18.2 Å². The zero-order valence-corrected chi connectivity index (χ0v) is 16.1. The van der Waals surface area contributed by atoms with Crippen LogP contribution in [0.3, 0.4) is 0 Å². The summed E-state index contributed by atoms with van der Waals surface area (Å²) in [6, 6.07) is 8.14. The minimum absolute atomic E-state index is 0.0417. The first-order valence-corrected chi connectivity index (χ1v) is 9.24. The quantitative estimate of drug-likeness (QED) is 0.870. The SMILES string of the molecule is CC[C@]1(C)OCc2nnc(C(=O)N[C@H]3COc4ccccc4N(C)C3=O)cc21. The summed E-state index contributed by atoms with van der Waals surface area (Å²) in [5, 5.41) is 10.9. The molecule has 0 unspecified atom stereocenters. The number of para-hydroxylation sites is 2. The summed E-state index contributed by atoms with van der Waals surface area (Å²) in [5.41, 5.74) is 1.94. The second-order valence-electron chi connectivity index (χ2n) is 7.17. The van der Waals surface area contributed by atoms with E-state index in [1.54, 1.807) is 25.2 Å². The van der Waals surface area contributed by atoms with E-state index in [9.17, 15) is 9.59 Å². The Hall–Kier alpha value is -3.00. The third kappa shape index (κ3) is 2.99. The molecule has 0 saturated carbocycles. The van der Waals surface area contributed by atoms with Crippen LogP contribution < -0.4 is 15.0 Å². The van der Waals surface area contributed by atoms with Gasteiger partial charge in [0.25, 0.3) is 11.8 Å². The molecule has 2 aliphatic heterocycles. The number of hydrogen-bond donors (Lipinski definition) is 1. The number of aromatic nitrogens is 2. The van der Waals surface area contributed by atoms with Gasteiger partial charge in [0.1, 0.15) is 18.4 Å². The fourth-order valence-corrected chi connectivity index (χ4v) is 3.48. The molecule has 3 heterocycles. The first-order chi connectivity index (χ1) is 13.4. The Balaban J connectivity index is 1.55. The van der Waals surface area contributed by atoms with Crippen LogP contribution in [0.2, 0.25) is 0 Å². The van der Waals surface area contributed by atoms with Crippen LogP contribution in [-0.4, -0.2) is 41.7 Å². The number of carbonyl (C=O) groups is 2. The first-order valence-electron chi connectivity index (χ1n) is 9.24. The van der Waals surface area contributed by atoms with E-state index in [1.807, 2.05) is 26.0 Å². The Labute approximate surface area is 162 Å². The Bertz CT molecular complexity index is 948. The van der Waals surface area contributed by atoms with Crippen molar-refractivity contribution >= 4 is 17.5 Å². The number of hydrogen-bond acceptors (Lipinski definition) is 6. The lowest BCUT2D eigenvalue weighted by Crippen LogP contribution is -2.49. The lowest BCUT2D eigenvalue weighted by Gasteiger charge is -2.22. The smallest absolute Gasteiger partial charge is 0.272 e. The number of amides is 2. The van der Waals surface area contributed by atoms with Crippen LogP contribution in [0.25, 0.3) is 0 Å². The van der Waals surface area contributed by atoms with Crippen LogP contribution in [0.5, 0.6) is 5.75 Å². The van der Waals surface area contributed by atoms with Crippen molar-refractivity contribution in [1.29, 1.82) is 0 Å². The summed E-state index contributed by atoms with van der Waals surface area (Å²) in [7, 11) is 1.66. The minimum atomic E-state index is -0.825. The number of anilines is 1. The summed E-state index contributed by atoms with van der Waals surface area (Å²) in [6.07, 6.45) is 0.755. The van der Waals surface area contributed by atoms with Crippen LogP contribution in [0.15, 0.2) is 30.3 Å². The van der Waals surface area contributed by atoms with Gasteiger partial charge in [-0.15, -0.1) is 5.10 Å². The van der Waals surface area contributed by atoms with Crippen LogP contribution in [0.1, 0.15) is 42.0 Å². The topological polar surface area (TPSA) is 93.7 Å². The Morgan fingerprint density at radius 3 is 2.93 bits per heavy atom. The molecule has 1 N–H and O–H groups in total. The fraction of sp³-hybridized carbons (Fsp3) is 0.400. The van der Waals surface area contributed by atoms with Gasteiger partial charge >= 0.3 is 0 Å². The fourth-order valence-electron chi connectivity index (χ4n) is 3.48. The number of ether oxygens (including phenoxy) is 2.